The Morgan fingerprint density at radius 2 is 2.23 bits per heavy atom. The summed E-state index contributed by atoms with van der Waals surface area (Å²) in [5.74, 6) is 0.263. The molecule has 0 aliphatic rings. The molecular formula is C15H20N4O2S. The third-order valence-electron chi connectivity index (χ3n) is 2.95. The summed E-state index contributed by atoms with van der Waals surface area (Å²) in [6.07, 6.45) is 5.23. The van der Waals surface area contributed by atoms with Gasteiger partial charge in [0.15, 0.2) is 0 Å². The number of hydrogen-bond acceptors (Lipinski definition) is 6. The van der Waals surface area contributed by atoms with Gasteiger partial charge in [0.2, 0.25) is 5.91 Å². The van der Waals surface area contributed by atoms with E-state index in [2.05, 4.69) is 20.3 Å². The first-order valence-corrected chi connectivity index (χ1v) is 8.08. The molecule has 2 heterocycles. The van der Waals surface area contributed by atoms with Gasteiger partial charge in [-0.3, -0.25) is 14.8 Å². The molecule has 0 bridgehead atoms. The second-order valence-corrected chi connectivity index (χ2v) is 6.36. The zero-order valence-electron chi connectivity index (χ0n) is 12.7. The van der Waals surface area contributed by atoms with Gasteiger partial charge in [0.05, 0.1) is 24.4 Å². The summed E-state index contributed by atoms with van der Waals surface area (Å²) in [6, 6.07) is 0. The molecule has 118 valence electrons. The summed E-state index contributed by atoms with van der Waals surface area (Å²) >= 11 is 1.43. The van der Waals surface area contributed by atoms with Gasteiger partial charge in [-0.05, 0) is 12.3 Å². The Labute approximate surface area is 133 Å². The number of nitrogens with zero attached hydrogens (tertiary/aromatic N) is 3. The first kappa shape index (κ1) is 16.5. The van der Waals surface area contributed by atoms with Crippen LogP contribution in [-0.2, 0) is 11.2 Å². The molecule has 0 aliphatic heterocycles. The number of aliphatic hydroxyl groups is 1. The van der Waals surface area contributed by atoms with E-state index in [4.69, 9.17) is 0 Å². The molecule has 2 N–H and O–H groups in total. The molecule has 6 nitrogen and oxygen atoms in total. The quantitative estimate of drug-likeness (QED) is 0.810. The summed E-state index contributed by atoms with van der Waals surface area (Å²) in [5, 5.41) is 15.1. The van der Waals surface area contributed by atoms with Crippen molar-refractivity contribution in [3.63, 3.8) is 0 Å². The Hall–Kier alpha value is -1.86. The average molecular weight is 320 g/mol. The smallest absolute Gasteiger partial charge is 0.226 e. The molecule has 1 atom stereocenters. The predicted octanol–water partition coefficient (Wildman–Crippen LogP) is 1.67. The number of carbonyl (C=O) groups excluding carboxylic acids is 1. The molecule has 0 spiro atoms. The van der Waals surface area contributed by atoms with Gasteiger partial charge in [-0.1, -0.05) is 13.8 Å². The monoisotopic (exact) mass is 320 g/mol. The van der Waals surface area contributed by atoms with Crippen LogP contribution >= 0.6 is 11.3 Å². The minimum atomic E-state index is -0.505. The predicted molar refractivity (Wildman–Crippen MR) is 85.3 cm³/mol. The third-order valence-corrected chi connectivity index (χ3v) is 3.87. The average Bonchev–Trinajstić information content (AvgIpc) is 2.94. The van der Waals surface area contributed by atoms with Crippen molar-refractivity contribution in [2.24, 2.45) is 5.92 Å². The fourth-order valence-corrected chi connectivity index (χ4v) is 2.78. The summed E-state index contributed by atoms with van der Waals surface area (Å²) in [7, 11) is 0. The normalized spacial score (nSPS) is 12.4. The SMILES string of the molecule is CC(C)CC(O)CNC(=O)Cc1csc(-c2cnccn2)n1. The van der Waals surface area contributed by atoms with Gasteiger partial charge in [-0.25, -0.2) is 4.98 Å². The number of hydrogen-bond donors (Lipinski definition) is 2. The molecule has 0 radical (unpaired) electrons. The van der Waals surface area contributed by atoms with Crippen molar-refractivity contribution in [2.45, 2.75) is 32.8 Å². The second-order valence-electron chi connectivity index (χ2n) is 5.50. The van der Waals surface area contributed by atoms with Gasteiger partial charge < -0.3 is 10.4 Å². The van der Waals surface area contributed by atoms with Crippen LogP contribution in [0.2, 0.25) is 0 Å². The van der Waals surface area contributed by atoms with Crippen molar-refractivity contribution in [3.8, 4) is 10.7 Å². The van der Waals surface area contributed by atoms with Crippen molar-refractivity contribution < 1.29 is 9.90 Å². The van der Waals surface area contributed by atoms with Crippen molar-refractivity contribution in [1.82, 2.24) is 20.3 Å². The summed E-state index contributed by atoms with van der Waals surface area (Å²) < 4.78 is 0. The Bertz CT molecular complexity index is 601. The molecule has 0 aromatic carbocycles. The standard InChI is InChI=1S/C15H20N4O2S/c1-10(2)5-12(20)7-18-14(21)6-11-9-22-15(19-11)13-8-16-3-4-17-13/h3-4,8-10,12,20H,5-7H2,1-2H3,(H,18,21). The molecule has 2 aromatic heterocycles. The molecule has 22 heavy (non-hydrogen) atoms. The lowest BCUT2D eigenvalue weighted by molar-refractivity contribution is -0.121. The minimum Gasteiger partial charge on any atom is -0.391 e. The first-order chi connectivity index (χ1) is 10.5. The Morgan fingerprint density at radius 1 is 1.41 bits per heavy atom. The molecular weight excluding hydrogens is 300 g/mol. The van der Waals surface area contributed by atoms with E-state index in [0.717, 1.165) is 5.01 Å². The van der Waals surface area contributed by atoms with Gasteiger partial charge in [-0.2, -0.15) is 0 Å². The van der Waals surface area contributed by atoms with Crippen molar-refractivity contribution in [2.75, 3.05) is 6.54 Å². The number of aliphatic hydroxyl groups excluding tert-OH is 1. The van der Waals surface area contributed by atoms with Crippen LogP contribution < -0.4 is 5.32 Å². The van der Waals surface area contributed by atoms with Crippen LogP contribution in [-0.4, -0.2) is 38.6 Å². The van der Waals surface area contributed by atoms with Crippen LogP contribution in [0.4, 0.5) is 0 Å². The minimum absolute atomic E-state index is 0.140. The van der Waals surface area contributed by atoms with Gasteiger partial charge >= 0.3 is 0 Å². The summed E-state index contributed by atoms with van der Waals surface area (Å²) in [5.41, 5.74) is 1.40. The zero-order chi connectivity index (χ0) is 15.9. The molecule has 0 fully saturated rings. The highest BCUT2D eigenvalue weighted by atomic mass is 32.1. The molecule has 1 amide bonds. The van der Waals surface area contributed by atoms with E-state index in [9.17, 15) is 9.90 Å². The Morgan fingerprint density at radius 3 is 2.91 bits per heavy atom. The fraction of sp³-hybridized carbons (Fsp3) is 0.467. The molecule has 2 aromatic rings. The van der Waals surface area contributed by atoms with Crippen LogP contribution in [0.1, 0.15) is 26.0 Å². The van der Waals surface area contributed by atoms with Crippen LogP contribution in [0.3, 0.4) is 0 Å². The maximum atomic E-state index is 11.9. The lowest BCUT2D eigenvalue weighted by Crippen LogP contribution is -2.33. The van der Waals surface area contributed by atoms with Gasteiger partial charge in [-0.15, -0.1) is 11.3 Å². The van der Waals surface area contributed by atoms with Crippen molar-refractivity contribution in [1.29, 1.82) is 0 Å². The maximum absolute atomic E-state index is 11.9. The van der Waals surface area contributed by atoms with E-state index in [-0.39, 0.29) is 18.9 Å². The van der Waals surface area contributed by atoms with Gasteiger partial charge in [0.1, 0.15) is 10.7 Å². The zero-order valence-corrected chi connectivity index (χ0v) is 13.5. The number of nitrogens with one attached hydrogen (secondary N) is 1. The summed E-state index contributed by atoms with van der Waals surface area (Å²) in [6.45, 7) is 4.35. The number of aromatic nitrogens is 3. The van der Waals surface area contributed by atoms with Crippen LogP contribution in [0, 0.1) is 5.92 Å². The largest absolute Gasteiger partial charge is 0.391 e. The topological polar surface area (TPSA) is 88.0 Å². The molecule has 0 saturated carbocycles. The highest BCUT2D eigenvalue weighted by Gasteiger charge is 2.12. The number of carbonyl (C=O) groups is 1. The Kier molecular flexibility index (Phi) is 5.97. The first-order valence-electron chi connectivity index (χ1n) is 7.20. The van der Waals surface area contributed by atoms with Crippen LogP contribution in [0.25, 0.3) is 10.7 Å². The molecule has 2 rings (SSSR count). The van der Waals surface area contributed by atoms with E-state index in [1.807, 2.05) is 19.2 Å². The Balaban J connectivity index is 1.84. The van der Waals surface area contributed by atoms with Gasteiger partial charge in [0.25, 0.3) is 0 Å². The molecule has 0 aliphatic carbocycles. The van der Waals surface area contributed by atoms with E-state index < -0.39 is 6.10 Å². The van der Waals surface area contributed by atoms with Crippen LogP contribution in [0.15, 0.2) is 24.0 Å². The van der Waals surface area contributed by atoms with E-state index in [1.54, 1.807) is 18.6 Å². The number of amides is 1. The number of rotatable bonds is 7. The summed E-state index contributed by atoms with van der Waals surface area (Å²) in [4.78, 5) is 24.4. The van der Waals surface area contributed by atoms with Crippen molar-refractivity contribution in [3.05, 3.63) is 29.7 Å². The molecule has 0 saturated heterocycles. The fourth-order valence-electron chi connectivity index (χ4n) is 2.00. The third kappa shape index (κ3) is 5.16. The highest BCUT2D eigenvalue weighted by molar-refractivity contribution is 7.13. The van der Waals surface area contributed by atoms with E-state index in [0.29, 0.717) is 23.7 Å². The second kappa shape index (κ2) is 7.95. The number of thiazole rings is 1. The molecule has 1 unspecified atom stereocenters. The van der Waals surface area contributed by atoms with Crippen LogP contribution in [0.5, 0.6) is 0 Å². The van der Waals surface area contributed by atoms with Gasteiger partial charge in [0, 0.05) is 24.3 Å². The lowest BCUT2D eigenvalue weighted by Gasteiger charge is -2.13. The maximum Gasteiger partial charge on any atom is 0.226 e. The highest BCUT2D eigenvalue weighted by Crippen LogP contribution is 2.20. The van der Waals surface area contributed by atoms with E-state index in [1.165, 1.54) is 11.3 Å². The lowest BCUT2D eigenvalue weighted by atomic mass is 10.1. The van der Waals surface area contributed by atoms with E-state index >= 15 is 0 Å². The molecule has 7 heteroatoms. The van der Waals surface area contributed by atoms with Crippen molar-refractivity contribution >= 4 is 17.2 Å².